The van der Waals surface area contributed by atoms with Crippen LogP contribution in [-0.4, -0.2) is 38.3 Å². The molecule has 2 aromatic rings. The molecule has 10 heteroatoms. The zero-order valence-corrected chi connectivity index (χ0v) is 17.7. The average Bonchev–Trinajstić information content (AvgIpc) is 2.74. The summed E-state index contributed by atoms with van der Waals surface area (Å²) >= 11 is 0. The van der Waals surface area contributed by atoms with Crippen molar-refractivity contribution >= 4 is 21.6 Å². The number of anilines is 1. The fraction of sp³-hybridized carbons (Fsp3) is 0.381. The van der Waals surface area contributed by atoms with Gasteiger partial charge in [0, 0.05) is 13.1 Å². The van der Waals surface area contributed by atoms with Gasteiger partial charge < -0.3 is 10.1 Å². The molecule has 2 aromatic carbocycles. The Morgan fingerprint density at radius 1 is 1.16 bits per heavy atom. The monoisotopic (exact) mass is 456 g/mol. The average molecular weight is 456 g/mol. The fourth-order valence-electron chi connectivity index (χ4n) is 3.47. The van der Waals surface area contributed by atoms with Crippen LogP contribution in [0.5, 0.6) is 5.75 Å². The molecule has 1 aliphatic rings. The molecule has 1 atom stereocenters. The number of nitrogens with one attached hydrogen (secondary N) is 1. The number of rotatable bonds is 6. The highest BCUT2D eigenvalue weighted by Gasteiger charge is 2.36. The number of carbonyl (C=O) groups is 1. The van der Waals surface area contributed by atoms with Crippen molar-refractivity contribution < 1.29 is 31.1 Å². The number of nitrogens with zero attached hydrogens (tertiary/aromatic N) is 1. The number of benzene rings is 2. The lowest BCUT2D eigenvalue weighted by Gasteiger charge is -2.31. The number of halogens is 3. The molecule has 6 nitrogen and oxygen atoms in total. The minimum absolute atomic E-state index is 0.0689. The van der Waals surface area contributed by atoms with Gasteiger partial charge in [-0.25, -0.2) is 8.42 Å². The van der Waals surface area contributed by atoms with Crippen molar-refractivity contribution in [3.05, 3.63) is 54.1 Å². The number of amides is 1. The van der Waals surface area contributed by atoms with E-state index in [9.17, 15) is 26.4 Å². The highest BCUT2D eigenvalue weighted by Crippen LogP contribution is 2.35. The molecule has 1 N–H and O–H groups in total. The van der Waals surface area contributed by atoms with Crippen LogP contribution in [0.2, 0.25) is 0 Å². The van der Waals surface area contributed by atoms with Crippen LogP contribution in [0.4, 0.5) is 18.9 Å². The summed E-state index contributed by atoms with van der Waals surface area (Å²) in [6, 6.07) is 10.7. The summed E-state index contributed by atoms with van der Waals surface area (Å²) in [5.74, 6) is -0.850. The Balaban J connectivity index is 1.74. The highest BCUT2D eigenvalue weighted by atomic mass is 32.2. The largest absolute Gasteiger partial charge is 0.494 e. The Labute approximate surface area is 179 Å². The van der Waals surface area contributed by atoms with Crippen LogP contribution in [0.15, 0.2) is 53.4 Å². The van der Waals surface area contributed by atoms with Gasteiger partial charge in [0.25, 0.3) is 0 Å². The van der Waals surface area contributed by atoms with E-state index in [-0.39, 0.29) is 23.7 Å². The summed E-state index contributed by atoms with van der Waals surface area (Å²) in [5, 5.41) is 2.32. The standard InChI is InChI=1S/C21H23F3N2O4S/c1-2-30-16-9-11-17(12-10-16)31(28,29)26-13-5-6-15(14-26)20(27)25-19-8-4-3-7-18(19)21(22,23)24/h3-4,7-12,15H,2,5-6,13-14H2,1H3,(H,25,27). The minimum atomic E-state index is -4.61. The predicted molar refractivity (Wildman–Crippen MR) is 109 cm³/mol. The molecule has 1 amide bonds. The Morgan fingerprint density at radius 3 is 2.48 bits per heavy atom. The maximum Gasteiger partial charge on any atom is 0.418 e. The van der Waals surface area contributed by atoms with Gasteiger partial charge in [0.1, 0.15) is 5.75 Å². The number of sulfonamides is 1. The highest BCUT2D eigenvalue weighted by molar-refractivity contribution is 7.89. The molecule has 1 saturated heterocycles. The van der Waals surface area contributed by atoms with Crippen LogP contribution in [0.3, 0.4) is 0 Å². The van der Waals surface area contributed by atoms with Gasteiger partial charge in [0.2, 0.25) is 15.9 Å². The number of ether oxygens (including phenoxy) is 1. The van der Waals surface area contributed by atoms with E-state index in [2.05, 4.69) is 5.32 Å². The Bertz CT molecular complexity index is 1020. The third-order valence-electron chi connectivity index (χ3n) is 5.02. The van der Waals surface area contributed by atoms with E-state index in [4.69, 9.17) is 4.74 Å². The van der Waals surface area contributed by atoms with E-state index in [0.717, 1.165) is 6.07 Å². The van der Waals surface area contributed by atoms with Gasteiger partial charge in [-0.05, 0) is 56.2 Å². The topological polar surface area (TPSA) is 75.7 Å². The number of piperidine rings is 1. The van der Waals surface area contributed by atoms with Crippen molar-refractivity contribution in [2.24, 2.45) is 5.92 Å². The second-order valence-electron chi connectivity index (χ2n) is 7.14. The first kappa shape index (κ1) is 23.1. The molecule has 1 heterocycles. The first-order valence-electron chi connectivity index (χ1n) is 9.83. The van der Waals surface area contributed by atoms with Crippen LogP contribution in [0.25, 0.3) is 0 Å². The summed E-state index contributed by atoms with van der Waals surface area (Å²) in [6.07, 6.45) is -3.80. The van der Waals surface area contributed by atoms with Crippen molar-refractivity contribution in [1.29, 1.82) is 0 Å². The van der Waals surface area contributed by atoms with Gasteiger partial charge in [-0.1, -0.05) is 12.1 Å². The molecule has 0 bridgehead atoms. The van der Waals surface area contributed by atoms with Crippen molar-refractivity contribution in [3.63, 3.8) is 0 Å². The lowest BCUT2D eigenvalue weighted by Crippen LogP contribution is -2.43. The molecule has 168 valence electrons. The molecular formula is C21H23F3N2O4S. The number of hydrogen-bond acceptors (Lipinski definition) is 4. The quantitative estimate of drug-likeness (QED) is 0.709. The molecule has 3 rings (SSSR count). The van der Waals surface area contributed by atoms with Gasteiger partial charge in [-0.2, -0.15) is 17.5 Å². The molecule has 0 radical (unpaired) electrons. The van der Waals surface area contributed by atoms with E-state index < -0.39 is 33.6 Å². The van der Waals surface area contributed by atoms with Gasteiger partial charge in [-0.15, -0.1) is 0 Å². The smallest absolute Gasteiger partial charge is 0.418 e. The number of carbonyl (C=O) groups excluding carboxylic acids is 1. The van der Waals surface area contributed by atoms with Crippen molar-refractivity contribution in [3.8, 4) is 5.75 Å². The minimum Gasteiger partial charge on any atom is -0.494 e. The van der Waals surface area contributed by atoms with E-state index in [1.54, 1.807) is 12.1 Å². The normalized spacial score (nSPS) is 17.9. The van der Waals surface area contributed by atoms with Crippen LogP contribution < -0.4 is 10.1 Å². The van der Waals surface area contributed by atoms with Gasteiger partial charge in [0.15, 0.2) is 0 Å². The molecule has 0 saturated carbocycles. The second kappa shape index (κ2) is 9.27. The van der Waals surface area contributed by atoms with E-state index in [1.165, 1.54) is 34.6 Å². The Morgan fingerprint density at radius 2 is 1.84 bits per heavy atom. The zero-order valence-electron chi connectivity index (χ0n) is 16.9. The summed E-state index contributed by atoms with van der Waals surface area (Å²) < 4.78 is 72.0. The lowest BCUT2D eigenvalue weighted by atomic mass is 9.98. The van der Waals surface area contributed by atoms with Crippen LogP contribution in [0.1, 0.15) is 25.3 Å². The van der Waals surface area contributed by atoms with Crippen molar-refractivity contribution in [2.75, 3.05) is 25.0 Å². The first-order chi connectivity index (χ1) is 14.6. The van der Waals surface area contributed by atoms with Gasteiger partial charge in [-0.3, -0.25) is 4.79 Å². The van der Waals surface area contributed by atoms with E-state index in [1.807, 2.05) is 6.92 Å². The fourth-order valence-corrected chi connectivity index (χ4v) is 5.00. The maximum absolute atomic E-state index is 13.2. The van der Waals surface area contributed by atoms with E-state index in [0.29, 0.717) is 25.2 Å². The molecular weight excluding hydrogens is 433 g/mol. The molecule has 0 aliphatic carbocycles. The maximum atomic E-state index is 13.2. The molecule has 31 heavy (non-hydrogen) atoms. The number of alkyl halides is 3. The third kappa shape index (κ3) is 5.37. The summed E-state index contributed by atoms with van der Waals surface area (Å²) in [5.41, 5.74) is -1.29. The molecule has 0 aromatic heterocycles. The molecule has 1 aliphatic heterocycles. The van der Waals surface area contributed by atoms with Crippen molar-refractivity contribution in [1.82, 2.24) is 4.31 Å². The van der Waals surface area contributed by atoms with Gasteiger partial charge >= 0.3 is 6.18 Å². The first-order valence-corrected chi connectivity index (χ1v) is 11.3. The zero-order chi connectivity index (χ0) is 22.6. The predicted octanol–water partition coefficient (Wildman–Crippen LogP) is 4.14. The van der Waals surface area contributed by atoms with Crippen LogP contribution in [0, 0.1) is 5.92 Å². The van der Waals surface area contributed by atoms with Crippen molar-refractivity contribution in [2.45, 2.75) is 30.8 Å². The number of para-hydroxylation sites is 1. The Kier molecular flexibility index (Phi) is 6.90. The molecule has 1 unspecified atom stereocenters. The Hall–Kier alpha value is -2.59. The second-order valence-corrected chi connectivity index (χ2v) is 9.08. The SMILES string of the molecule is CCOc1ccc(S(=O)(=O)N2CCCC(C(=O)Nc3ccccc3C(F)(F)F)C2)cc1. The molecule has 0 spiro atoms. The lowest BCUT2D eigenvalue weighted by molar-refractivity contribution is -0.137. The van der Waals surface area contributed by atoms with E-state index >= 15 is 0 Å². The molecule has 1 fully saturated rings. The third-order valence-corrected chi connectivity index (χ3v) is 6.90. The van der Waals surface area contributed by atoms with Gasteiger partial charge in [0.05, 0.1) is 28.7 Å². The van der Waals surface area contributed by atoms with Crippen LogP contribution in [-0.2, 0) is 21.0 Å². The van der Waals surface area contributed by atoms with Crippen LogP contribution >= 0.6 is 0 Å². The summed E-state index contributed by atoms with van der Waals surface area (Å²) in [7, 11) is -3.85. The summed E-state index contributed by atoms with van der Waals surface area (Å²) in [6.45, 7) is 2.40. The summed E-state index contributed by atoms with van der Waals surface area (Å²) in [4.78, 5) is 12.7. The number of hydrogen-bond donors (Lipinski definition) is 1.